The molecular weight excluding hydrogens is 308 g/mol. The fourth-order valence-electron chi connectivity index (χ4n) is 1.42. The lowest BCUT2D eigenvalue weighted by Gasteiger charge is -2.29. The molecule has 0 aliphatic rings. The molecule has 4 heteroatoms. The Labute approximate surface area is 123 Å². The fourth-order valence-corrected chi connectivity index (χ4v) is 1.76. The molecular formula is C15H21BrO3. The fraction of sp³-hybridized carbons (Fsp3) is 0.533. The van der Waals surface area contributed by atoms with Crippen LogP contribution in [0.25, 0.3) is 0 Å². The molecule has 0 bridgehead atoms. The monoisotopic (exact) mass is 328 g/mol. The summed E-state index contributed by atoms with van der Waals surface area (Å²) < 4.78 is 12.1. The summed E-state index contributed by atoms with van der Waals surface area (Å²) in [4.78, 5) is 12.1. The summed E-state index contributed by atoms with van der Waals surface area (Å²) in [5, 5.41) is 0. The van der Waals surface area contributed by atoms with Crippen LogP contribution in [0.4, 0.5) is 0 Å². The second-order valence-corrected chi connectivity index (χ2v) is 6.83. The zero-order valence-electron chi connectivity index (χ0n) is 12.3. The van der Waals surface area contributed by atoms with Crippen molar-refractivity contribution in [2.24, 2.45) is 0 Å². The van der Waals surface area contributed by atoms with Gasteiger partial charge in [0.2, 0.25) is 0 Å². The summed E-state index contributed by atoms with van der Waals surface area (Å²) in [6, 6.07) is 5.65. The van der Waals surface area contributed by atoms with Crippen molar-refractivity contribution in [3.05, 3.63) is 28.2 Å². The molecule has 0 N–H and O–H groups in total. The van der Waals surface area contributed by atoms with E-state index in [1.54, 1.807) is 13.8 Å². The van der Waals surface area contributed by atoms with Crippen LogP contribution in [-0.2, 0) is 9.53 Å². The number of carbonyl (C=O) groups is 1. The summed E-state index contributed by atoms with van der Waals surface area (Å²) in [7, 11) is 0. The lowest BCUT2D eigenvalue weighted by molar-refractivity contribution is -0.170. The highest BCUT2D eigenvalue weighted by Gasteiger charge is 2.35. The van der Waals surface area contributed by atoms with Crippen LogP contribution in [0.15, 0.2) is 22.7 Å². The number of rotatable bonds is 3. The van der Waals surface area contributed by atoms with Crippen LogP contribution >= 0.6 is 15.9 Å². The van der Waals surface area contributed by atoms with E-state index in [1.807, 2.05) is 45.9 Å². The summed E-state index contributed by atoms with van der Waals surface area (Å²) in [5.41, 5.74) is -0.595. The van der Waals surface area contributed by atoms with E-state index in [4.69, 9.17) is 9.47 Å². The summed E-state index contributed by atoms with van der Waals surface area (Å²) >= 11 is 3.44. The quantitative estimate of drug-likeness (QED) is 0.778. The van der Waals surface area contributed by atoms with Crippen molar-refractivity contribution < 1.29 is 14.3 Å². The van der Waals surface area contributed by atoms with Gasteiger partial charge in [-0.3, -0.25) is 0 Å². The molecule has 0 aromatic heterocycles. The molecule has 0 atom stereocenters. The molecule has 0 spiro atoms. The Bertz CT molecular complexity index is 473. The maximum Gasteiger partial charge on any atom is 0.350 e. The number of halogens is 1. The van der Waals surface area contributed by atoms with Gasteiger partial charge in [-0.25, -0.2) is 4.79 Å². The predicted octanol–water partition coefficient (Wildman–Crippen LogP) is 4.26. The van der Waals surface area contributed by atoms with E-state index in [2.05, 4.69) is 15.9 Å². The standard InChI is InChI=1S/C15H21BrO3/c1-10-11(16)8-7-9-12(10)18-15(5,6)13(17)19-14(2,3)4/h7-9H,1-6H3. The highest BCUT2D eigenvalue weighted by molar-refractivity contribution is 9.10. The number of benzene rings is 1. The van der Waals surface area contributed by atoms with E-state index in [0.29, 0.717) is 5.75 Å². The SMILES string of the molecule is Cc1c(Br)cccc1OC(C)(C)C(=O)OC(C)(C)C. The van der Waals surface area contributed by atoms with Gasteiger partial charge in [-0.15, -0.1) is 0 Å². The summed E-state index contributed by atoms with van der Waals surface area (Å²) in [6.45, 7) is 10.9. The zero-order chi connectivity index (χ0) is 14.8. The summed E-state index contributed by atoms with van der Waals surface area (Å²) in [6.07, 6.45) is 0. The Hall–Kier alpha value is -1.03. The largest absolute Gasteiger partial charge is 0.476 e. The van der Waals surface area contributed by atoms with Gasteiger partial charge in [0.15, 0.2) is 5.60 Å². The van der Waals surface area contributed by atoms with Gasteiger partial charge in [0, 0.05) is 10.0 Å². The van der Waals surface area contributed by atoms with E-state index in [9.17, 15) is 4.79 Å². The van der Waals surface area contributed by atoms with Gasteiger partial charge in [0.1, 0.15) is 11.4 Å². The van der Waals surface area contributed by atoms with E-state index < -0.39 is 11.2 Å². The average molecular weight is 329 g/mol. The Balaban J connectivity index is 2.90. The van der Waals surface area contributed by atoms with E-state index in [0.717, 1.165) is 10.0 Å². The second-order valence-electron chi connectivity index (χ2n) is 5.98. The molecule has 0 aliphatic carbocycles. The molecule has 0 amide bonds. The third-order valence-corrected chi connectivity index (χ3v) is 3.33. The smallest absolute Gasteiger partial charge is 0.350 e. The van der Waals surface area contributed by atoms with Crippen LogP contribution in [0.3, 0.4) is 0 Å². The van der Waals surface area contributed by atoms with Gasteiger partial charge in [0.05, 0.1) is 0 Å². The first-order valence-electron chi connectivity index (χ1n) is 6.20. The second kappa shape index (κ2) is 5.53. The average Bonchev–Trinajstić information content (AvgIpc) is 2.22. The van der Waals surface area contributed by atoms with Crippen molar-refractivity contribution in [1.82, 2.24) is 0 Å². The highest BCUT2D eigenvalue weighted by atomic mass is 79.9. The highest BCUT2D eigenvalue weighted by Crippen LogP contribution is 2.29. The Morgan fingerprint density at radius 3 is 2.26 bits per heavy atom. The molecule has 19 heavy (non-hydrogen) atoms. The molecule has 0 aliphatic heterocycles. The van der Waals surface area contributed by atoms with E-state index >= 15 is 0 Å². The topological polar surface area (TPSA) is 35.5 Å². The molecule has 0 fully saturated rings. The third kappa shape index (κ3) is 4.53. The minimum atomic E-state index is -1.03. The number of carbonyl (C=O) groups excluding carboxylic acids is 1. The molecule has 1 aromatic rings. The first-order chi connectivity index (χ1) is 8.53. The maximum atomic E-state index is 12.1. The van der Waals surface area contributed by atoms with Gasteiger partial charge >= 0.3 is 5.97 Å². The van der Waals surface area contributed by atoms with Crippen molar-refractivity contribution in [2.75, 3.05) is 0 Å². The molecule has 106 valence electrons. The van der Waals surface area contributed by atoms with Crippen molar-refractivity contribution >= 4 is 21.9 Å². The lowest BCUT2D eigenvalue weighted by atomic mass is 10.1. The van der Waals surface area contributed by atoms with Gasteiger partial charge in [-0.2, -0.15) is 0 Å². The molecule has 0 heterocycles. The normalized spacial score (nSPS) is 12.2. The molecule has 0 saturated carbocycles. The Morgan fingerprint density at radius 1 is 1.16 bits per heavy atom. The molecule has 0 radical (unpaired) electrons. The van der Waals surface area contributed by atoms with Crippen LogP contribution in [-0.4, -0.2) is 17.2 Å². The Kier molecular flexibility index (Phi) is 4.67. The van der Waals surface area contributed by atoms with Crippen LogP contribution < -0.4 is 4.74 Å². The number of ether oxygens (including phenoxy) is 2. The van der Waals surface area contributed by atoms with Crippen molar-refractivity contribution in [2.45, 2.75) is 52.7 Å². The van der Waals surface area contributed by atoms with Crippen molar-refractivity contribution in [3.63, 3.8) is 0 Å². The summed E-state index contributed by atoms with van der Waals surface area (Å²) in [5.74, 6) is 0.296. The number of hydrogen-bond donors (Lipinski definition) is 0. The minimum absolute atomic E-state index is 0.376. The van der Waals surface area contributed by atoms with Crippen molar-refractivity contribution in [3.8, 4) is 5.75 Å². The minimum Gasteiger partial charge on any atom is -0.476 e. The molecule has 0 unspecified atom stereocenters. The number of esters is 1. The van der Waals surface area contributed by atoms with Crippen LogP contribution in [0.5, 0.6) is 5.75 Å². The molecule has 1 aromatic carbocycles. The van der Waals surface area contributed by atoms with E-state index in [1.165, 1.54) is 0 Å². The molecule has 3 nitrogen and oxygen atoms in total. The van der Waals surface area contributed by atoms with Crippen LogP contribution in [0.2, 0.25) is 0 Å². The lowest BCUT2D eigenvalue weighted by Crippen LogP contribution is -2.43. The first-order valence-corrected chi connectivity index (χ1v) is 7.00. The van der Waals surface area contributed by atoms with E-state index in [-0.39, 0.29) is 5.97 Å². The first kappa shape index (κ1) is 16.0. The van der Waals surface area contributed by atoms with Crippen LogP contribution in [0.1, 0.15) is 40.2 Å². The third-order valence-electron chi connectivity index (χ3n) is 2.47. The molecule has 0 saturated heterocycles. The predicted molar refractivity (Wildman–Crippen MR) is 79.4 cm³/mol. The van der Waals surface area contributed by atoms with Gasteiger partial charge in [-0.05, 0) is 53.7 Å². The molecule has 1 rings (SSSR count). The Morgan fingerprint density at radius 2 is 1.74 bits per heavy atom. The van der Waals surface area contributed by atoms with Gasteiger partial charge < -0.3 is 9.47 Å². The maximum absolute atomic E-state index is 12.1. The van der Waals surface area contributed by atoms with Gasteiger partial charge in [0.25, 0.3) is 0 Å². The van der Waals surface area contributed by atoms with Crippen molar-refractivity contribution in [1.29, 1.82) is 0 Å². The number of hydrogen-bond acceptors (Lipinski definition) is 3. The zero-order valence-corrected chi connectivity index (χ0v) is 13.9. The van der Waals surface area contributed by atoms with Crippen LogP contribution in [0, 0.1) is 6.92 Å². The van der Waals surface area contributed by atoms with Gasteiger partial charge in [-0.1, -0.05) is 22.0 Å².